The van der Waals surface area contributed by atoms with Crippen molar-refractivity contribution in [2.24, 2.45) is 0 Å². The third-order valence-corrected chi connectivity index (χ3v) is 5.93. The summed E-state index contributed by atoms with van der Waals surface area (Å²) in [5, 5.41) is 15.1. The van der Waals surface area contributed by atoms with Gasteiger partial charge in [-0.2, -0.15) is 13.2 Å². The normalized spacial score (nSPS) is 18.5. The predicted molar refractivity (Wildman–Crippen MR) is 120 cm³/mol. The first-order valence-corrected chi connectivity index (χ1v) is 11.4. The van der Waals surface area contributed by atoms with Gasteiger partial charge >= 0.3 is 6.18 Å². The van der Waals surface area contributed by atoms with Crippen molar-refractivity contribution in [2.75, 3.05) is 40.0 Å². The molecule has 0 aliphatic carbocycles. The van der Waals surface area contributed by atoms with Crippen molar-refractivity contribution >= 4 is 0 Å². The molecular formula is C25H31F4NO4. The Labute approximate surface area is 197 Å². The van der Waals surface area contributed by atoms with Crippen LogP contribution in [-0.4, -0.2) is 51.2 Å². The molecule has 5 nitrogen and oxygen atoms in total. The topological polar surface area (TPSA) is 60.0 Å². The van der Waals surface area contributed by atoms with E-state index in [2.05, 4.69) is 5.32 Å². The lowest BCUT2D eigenvalue weighted by molar-refractivity contribution is -0.137. The zero-order valence-corrected chi connectivity index (χ0v) is 19.4. The van der Waals surface area contributed by atoms with E-state index < -0.39 is 29.3 Å². The first-order chi connectivity index (χ1) is 16.2. The lowest BCUT2D eigenvalue weighted by Gasteiger charge is -2.40. The van der Waals surface area contributed by atoms with E-state index in [-0.39, 0.29) is 35.5 Å². The Kier molecular flexibility index (Phi) is 8.92. The summed E-state index contributed by atoms with van der Waals surface area (Å²) in [6, 6.07) is 7.31. The Morgan fingerprint density at radius 1 is 1.18 bits per heavy atom. The summed E-state index contributed by atoms with van der Waals surface area (Å²) in [5.41, 5.74) is -2.54. The van der Waals surface area contributed by atoms with Crippen LogP contribution in [0.15, 0.2) is 36.4 Å². The van der Waals surface area contributed by atoms with Gasteiger partial charge in [0.05, 0.1) is 18.8 Å². The van der Waals surface area contributed by atoms with E-state index in [0.29, 0.717) is 39.1 Å². The Bertz CT molecular complexity index is 947. The molecule has 34 heavy (non-hydrogen) atoms. The van der Waals surface area contributed by atoms with E-state index in [0.717, 1.165) is 12.1 Å². The Morgan fingerprint density at radius 3 is 2.62 bits per heavy atom. The summed E-state index contributed by atoms with van der Waals surface area (Å²) in [6.07, 6.45) is -3.94. The number of alkyl halides is 3. The van der Waals surface area contributed by atoms with Gasteiger partial charge < -0.3 is 24.6 Å². The van der Waals surface area contributed by atoms with Crippen LogP contribution in [0.25, 0.3) is 11.1 Å². The number of methoxy groups -OCH3 is 1. The number of hydrogen-bond acceptors (Lipinski definition) is 5. The second-order valence-electron chi connectivity index (χ2n) is 8.28. The third kappa shape index (κ3) is 6.07. The fourth-order valence-corrected chi connectivity index (χ4v) is 4.32. The molecule has 0 radical (unpaired) electrons. The van der Waals surface area contributed by atoms with Crippen LogP contribution in [0.3, 0.4) is 0 Å². The van der Waals surface area contributed by atoms with Gasteiger partial charge in [-0.05, 0) is 61.6 Å². The Hall–Kier alpha value is -2.20. The zero-order valence-electron chi connectivity index (χ0n) is 19.4. The third-order valence-electron chi connectivity index (χ3n) is 5.93. The molecule has 2 N–H and O–H groups in total. The monoisotopic (exact) mass is 485 g/mol. The van der Waals surface area contributed by atoms with Crippen LogP contribution in [-0.2, 0) is 21.3 Å². The highest BCUT2D eigenvalue weighted by Crippen LogP contribution is 2.43. The minimum absolute atomic E-state index is 0.0227. The lowest BCUT2D eigenvalue weighted by atomic mass is 9.78. The molecule has 2 atom stereocenters. The van der Waals surface area contributed by atoms with Gasteiger partial charge in [0.1, 0.15) is 23.3 Å². The summed E-state index contributed by atoms with van der Waals surface area (Å²) in [4.78, 5) is 0. The van der Waals surface area contributed by atoms with Crippen molar-refractivity contribution in [1.82, 2.24) is 5.32 Å². The molecule has 3 rings (SSSR count). The molecule has 1 aliphatic heterocycles. The maximum Gasteiger partial charge on any atom is 0.416 e. The SMILES string of the molecule is CCOc1cc(-c2c(F)cccc2[C@](O)(CCCCOC)C2CNCCO2)cc(C(F)(F)F)c1. The van der Waals surface area contributed by atoms with Crippen LogP contribution in [0.4, 0.5) is 17.6 Å². The van der Waals surface area contributed by atoms with Crippen molar-refractivity contribution in [3.8, 4) is 16.9 Å². The van der Waals surface area contributed by atoms with Crippen LogP contribution in [0.5, 0.6) is 5.75 Å². The first kappa shape index (κ1) is 26.4. The smallest absolute Gasteiger partial charge is 0.416 e. The largest absolute Gasteiger partial charge is 0.494 e. The van der Waals surface area contributed by atoms with E-state index >= 15 is 4.39 Å². The number of aliphatic hydroxyl groups is 1. The van der Waals surface area contributed by atoms with Crippen LogP contribution in [0, 0.1) is 5.82 Å². The molecule has 1 saturated heterocycles. The minimum atomic E-state index is -4.65. The number of morpholine rings is 1. The molecule has 2 aromatic carbocycles. The summed E-state index contributed by atoms with van der Waals surface area (Å²) in [6.45, 7) is 3.58. The van der Waals surface area contributed by atoms with E-state index in [9.17, 15) is 18.3 Å². The highest BCUT2D eigenvalue weighted by Gasteiger charge is 2.42. The molecule has 0 aromatic heterocycles. The van der Waals surface area contributed by atoms with Gasteiger partial charge in [0.25, 0.3) is 0 Å². The van der Waals surface area contributed by atoms with Gasteiger partial charge in [-0.1, -0.05) is 12.1 Å². The van der Waals surface area contributed by atoms with Crippen molar-refractivity contribution < 1.29 is 36.9 Å². The molecule has 0 bridgehead atoms. The quantitative estimate of drug-likeness (QED) is 0.370. The van der Waals surface area contributed by atoms with Crippen molar-refractivity contribution in [3.05, 3.63) is 53.3 Å². The second-order valence-corrected chi connectivity index (χ2v) is 8.28. The van der Waals surface area contributed by atoms with Gasteiger partial charge in [-0.25, -0.2) is 4.39 Å². The molecule has 0 saturated carbocycles. The van der Waals surface area contributed by atoms with E-state index in [1.54, 1.807) is 20.1 Å². The molecule has 0 amide bonds. The molecule has 2 aromatic rings. The van der Waals surface area contributed by atoms with Gasteiger partial charge in [-0.15, -0.1) is 0 Å². The van der Waals surface area contributed by atoms with Crippen LogP contribution >= 0.6 is 0 Å². The number of benzene rings is 2. The fraction of sp³-hybridized carbons (Fsp3) is 0.520. The summed E-state index contributed by atoms with van der Waals surface area (Å²) in [5.74, 6) is -0.765. The van der Waals surface area contributed by atoms with Gasteiger partial charge in [0.15, 0.2) is 0 Å². The molecule has 1 heterocycles. The van der Waals surface area contributed by atoms with E-state index in [1.165, 1.54) is 18.2 Å². The van der Waals surface area contributed by atoms with Gasteiger partial charge in [0, 0.05) is 32.4 Å². The highest BCUT2D eigenvalue weighted by molar-refractivity contribution is 5.72. The fourth-order valence-electron chi connectivity index (χ4n) is 4.32. The molecule has 0 spiro atoms. The minimum Gasteiger partial charge on any atom is -0.494 e. The van der Waals surface area contributed by atoms with Crippen molar-refractivity contribution in [2.45, 2.75) is 44.1 Å². The predicted octanol–water partition coefficient (Wildman–Crippen LogP) is 4.90. The molecule has 188 valence electrons. The van der Waals surface area contributed by atoms with E-state index in [4.69, 9.17) is 14.2 Å². The number of ether oxygens (including phenoxy) is 3. The standard InChI is InChI=1S/C25H31F4NO4/c1-3-33-19-14-17(13-18(15-19)25(27,28)29)23-20(7-6-8-21(23)26)24(31,9-4-5-11-32-2)22-16-30-10-12-34-22/h6-8,13-15,22,30-31H,3-5,9-12,16H2,1-2H3/t22?,24-/m1/s1. The summed E-state index contributed by atoms with van der Waals surface area (Å²) < 4.78 is 72.5. The van der Waals surface area contributed by atoms with Crippen molar-refractivity contribution in [1.29, 1.82) is 0 Å². The van der Waals surface area contributed by atoms with Crippen molar-refractivity contribution in [3.63, 3.8) is 0 Å². The second kappa shape index (κ2) is 11.5. The first-order valence-electron chi connectivity index (χ1n) is 11.4. The number of nitrogens with one attached hydrogen (secondary N) is 1. The number of rotatable bonds is 10. The number of halogens is 4. The van der Waals surface area contributed by atoms with Crippen LogP contribution < -0.4 is 10.1 Å². The Morgan fingerprint density at radius 2 is 1.97 bits per heavy atom. The maximum atomic E-state index is 15.3. The molecular weight excluding hydrogens is 454 g/mol. The van der Waals surface area contributed by atoms with Gasteiger partial charge in [-0.3, -0.25) is 0 Å². The molecule has 9 heteroatoms. The molecule has 1 fully saturated rings. The lowest BCUT2D eigenvalue weighted by Crippen LogP contribution is -2.51. The average molecular weight is 486 g/mol. The molecule has 1 unspecified atom stereocenters. The zero-order chi connectivity index (χ0) is 24.8. The van der Waals surface area contributed by atoms with E-state index in [1.807, 2.05) is 0 Å². The average Bonchev–Trinajstić information content (AvgIpc) is 2.81. The van der Waals surface area contributed by atoms with Crippen LogP contribution in [0.2, 0.25) is 0 Å². The summed E-state index contributed by atoms with van der Waals surface area (Å²) in [7, 11) is 1.58. The Balaban J connectivity index is 2.16. The molecule has 1 aliphatic rings. The van der Waals surface area contributed by atoms with Crippen LogP contribution in [0.1, 0.15) is 37.3 Å². The maximum absolute atomic E-state index is 15.3. The van der Waals surface area contributed by atoms with Gasteiger partial charge in [0.2, 0.25) is 0 Å². The summed E-state index contributed by atoms with van der Waals surface area (Å²) >= 11 is 0. The number of hydrogen-bond donors (Lipinski definition) is 2. The highest BCUT2D eigenvalue weighted by atomic mass is 19.4. The number of unbranched alkanes of at least 4 members (excludes halogenated alkanes) is 1.